The summed E-state index contributed by atoms with van der Waals surface area (Å²) in [6.45, 7) is 6.04. The summed E-state index contributed by atoms with van der Waals surface area (Å²) in [5, 5.41) is 0. The molecule has 0 aliphatic heterocycles. The van der Waals surface area contributed by atoms with Crippen molar-refractivity contribution in [3.8, 4) is 11.5 Å². The lowest BCUT2D eigenvalue weighted by Crippen LogP contribution is -2.02. The molecule has 0 aromatic heterocycles. The largest absolute Gasteiger partial charge is 0.494 e. The van der Waals surface area contributed by atoms with Gasteiger partial charge in [-0.05, 0) is 60.4 Å². The Labute approximate surface area is 351 Å². The van der Waals surface area contributed by atoms with Crippen LogP contribution in [0.3, 0.4) is 0 Å². The predicted octanol–water partition coefficient (Wildman–Crippen LogP) is 16.4. The summed E-state index contributed by atoms with van der Waals surface area (Å²) in [6, 6.07) is 15.6. The molecule has 57 heavy (non-hydrogen) atoms. The Morgan fingerprint density at radius 3 is 0.877 bits per heavy atom. The van der Waals surface area contributed by atoms with Crippen molar-refractivity contribution in [2.75, 3.05) is 13.2 Å². The molecule has 0 saturated carbocycles. The molecule has 0 spiro atoms. The Morgan fingerprint density at radius 2 is 0.614 bits per heavy atom. The summed E-state index contributed by atoms with van der Waals surface area (Å²) in [6.07, 6.45) is 47.1. The SMILES string of the molecule is CCCCCCCCCCCCCCCCCOc1ccc(/C=C/C(=O)CC(=O)/C=C/c2ccc(OCCCCCCCCCCCCCCCCC)cc2)cc1. The van der Waals surface area contributed by atoms with Gasteiger partial charge in [0.15, 0.2) is 11.6 Å². The summed E-state index contributed by atoms with van der Waals surface area (Å²) in [5.41, 5.74) is 1.82. The average molecular weight is 785 g/mol. The zero-order chi connectivity index (χ0) is 40.7. The monoisotopic (exact) mass is 785 g/mol. The maximum absolute atomic E-state index is 12.4. The number of allylic oxidation sites excluding steroid dienone is 2. The van der Waals surface area contributed by atoms with E-state index in [9.17, 15) is 9.59 Å². The molecular weight excluding hydrogens is 701 g/mol. The van der Waals surface area contributed by atoms with Gasteiger partial charge in [-0.25, -0.2) is 0 Å². The van der Waals surface area contributed by atoms with Crippen molar-refractivity contribution in [2.24, 2.45) is 0 Å². The molecule has 0 amide bonds. The molecule has 0 heterocycles. The van der Waals surface area contributed by atoms with Crippen LogP contribution in [0.1, 0.15) is 224 Å². The van der Waals surface area contributed by atoms with Crippen LogP contribution in [-0.4, -0.2) is 24.8 Å². The number of ether oxygens (including phenoxy) is 2. The van der Waals surface area contributed by atoms with E-state index >= 15 is 0 Å². The molecule has 0 saturated heterocycles. The normalized spacial score (nSPS) is 11.5. The first-order valence-corrected chi connectivity index (χ1v) is 24.0. The summed E-state index contributed by atoms with van der Waals surface area (Å²) in [7, 11) is 0. The number of unbranched alkanes of at least 4 members (excludes halogenated alkanes) is 28. The molecule has 0 aliphatic rings. The van der Waals surface area contributed by atoms with E-state index in [4.69, 9.17) is 9.47 Å². The van der Waals surface area contributed by atoms with Crippen molar-refractivity contribution >= 4 is 23.7 Å². The predicted molar refractivity (Wildman–Crippen MR) is 246 cm³/mol. The van der Waals surface area contributed by atoms with Gasteiger partial charge in [0.25, 0.3) is 0 Å². The highest BCUT2D eigenvalue weighted by Crippen LogP contribution is 2.18. The average Bonchev–Trinajstić information content (AvgIpc) is 3.22. The zero-order valence-corrected chi connectivity index (χ0v) is 36.9. The molecule has 0 unspecified atom stereocenters. The van der Waals surface area contributed by atoms with E-state index in [1.54, 1.807) is 12.2 Å². The Morgan fingerprint density at radius 1 is 0.368 bits per heavy atom. The molecule has 2 aromatic rings. The molecule has 0 atom stereocenters. The topological polar surface area (TPSA) is 52.6 Å². The Bertz CT molecular complexity index is 1180. The standard InChI is InChI=1S/C53H84O4/c1-3-5-7-9-11-13-15-17-19-21-23-25-27-29-31-45-56-52-41-35-48(36-42-52)33-39-50(54)47-51(55)40-34-49-37-43-53(44-38-49)57-46-32-30-28-26-24-22-20-18-16-14-12-10-8-6-4-2/h33-44H,3-32,45-47H2,1-2H3/b39-33+,40-34+. The maximum Gasteiger partial charge on any atom is 0.163 e. The molecule has 0 N–H and O–H groups in total. The molecule has 2 rings (SSSR count). The maximum atomic E-state index is 12.4. The van der Waals surface area contributed by atoms with Crippen LogP contribution in [-0.2, 0) is 9.59 Å². The quantitative estimate of drug-likeness (QED) is 0.0384. The molecule has 4 heteroatoms. The fourth-order valence-corrected chi connectivity index (χ4v) is 7.35. The van der Waals surface area contributed by atoms with Crippen LogP contribution in [0.5, 0.6) is 11.5 Å². The van der Waals surface area contributed by atoms with Crippen molar-refractivity contribution in [1.29, 1.82) is 0 Å². The second-order valence-electron chi connectivity index (χ2n) is 16.5. The minimum atomic E-state index is -0.208. The van der Waals surface area contributed by atoms with Gasteiger partial charge in [0.05, 0.1) is 19.6 Å². The van der Waals surface area contributed by atoms with Gasteiger partial charge in [-0.3, -0.25) is 9.59 Å². The van der Waals surface area contributed by atoms with E-state index in [0.717, 1.165) is 48.7 Å². The Balaban J connectivity index is 1.45. The van der Waals surface area contributed by atoms with Crippen LogP contribution >= 0.6 is 0 Å². The number of carbonyl (C=O) groups excluding carboxylic acids is 2. The van der Waals surface area contributed by atoms with E-state index in [-0.39, 0.29) is 18.0 Å². The van der Waals surface area contributed by atoms with E-state index in [1.807, 2.05) is 48.5 Å². The van der Waals surface area contributed by atoms with Crippen molar-refractivity contribution in [3.63, 3.8) is 0 Å². The van der Waals surface area contributed by atoms with Crippen LogP contribution in [0, 0.1) is 0 Å². The molecular formula is C53H84O4. The lowest BCUT2D eigenvalue weighted by Gasteiger charge is -2.07. The molecule has 0 fully saturated rings. The lowest BCUT2D eigenvalue weighted by molar-refractivity contribution is -0.121. The second-order valence-corrected chi connectivity index (χ2v) is 16.5. The van der Waals surface area contributed by atoms with Crippen molar-refractivity contribution in [3.05, 3.63) is 71.8 Å². The van der Waals surface area contributed by atoms with Crippen LogP contribution in [0.25, 0.3) is 12.2 Å². The Hall–Kier alpha value is -3.14. The third-order valence-corrected chi connectivity index (χ3v) is 11.1. The van der Waals surface area contributed by atoms with Crippen LogP contribution in [0.2, 0.25) is 0 Å². The first kappa shape index (κ1) is 50.0. The minimum Gasteiger partial charge on any atom is -0.494 e. The molecule has 0 bridgehead atoms. The van der Waals surface area contributed by atoms with E-state index in [2.05, 4.69) is 13.8 Å². The smallest absolute Gasteiger partial charge is 0.163 e. The highest BCUT2D eigenvalue weighted by Gasteiger charge is 2.05. The number of ketones is 2. The summed E-state index contributed by atoms with van der Waals surface area (Å²) >= 11 is 0. The van der Waals surface area contributed by atoms with Gasteiger partial charge in [-0.2, -0.15) is 0 Å². The number of hydrogen-bond acceptors (Lipinski definition) is 4. The van der Waals surface area contributed by atoms with Gasteiger partial charge in [-0.15, -0.1) is 0 Å². The van der Waals surface area contributed by atoms with Crippen molar-refractivity contribution in [1.82, 2.24) is 0 Å². The number of hydrogen-bond donors (Lipinski definition) is 0. The second kappa shape index (κ2) is 37.2. The van der Waals surface area contributed by atoms with Crippen molar-refractivity contribution in [2.45, 2.75) is 213 Å². The van der Waals surface area contributed by atoms with Crippen LogP contribution < -0.4 is 9.47 Å². The highest BCUT2D eigenvalue weighted by atomic mass is 16.5. The first-order valence-electron chi connectivity index (χ1n) is 24.0. The molecule has 0 radical (unpaired) electrons. The highest BCUT2D eigenvalue weighted by molar-refractivity contribution is 6.10. The number of benzene rings is 2. The summed E-state index contributed by atoms with van der Waals surface area (Å²) in [4.78, 5) is 24.9. The van der Waals surface area contributed by atoms with E-state index < -0.39 is 0 Å². The zero-order valence-electron chi connectivity index (χ0n) is 36.9. The number of carbonyl (C=O) groups is 2. The summed E-state index contributed by atoms with van der Waals surface area (Å²) < 4.78 is 11.9. The molecule has 320 valence electrons. The van der Waals surface area contributed by atoms with E-state index in [1.165, 1.54) is 192 Å². The summed E-state index contributed by atoms with van der Waals surface area (Å²) in [5.74, 6) is 1.29. The van der Waals surface area contributed by atoms with Gasteiger partial charge in [-0.1, -0.05) is 230 Å². The van der Waals surface area contributed by atoms with Crippen molar-refractivity contribution < 1.29 is 19.1 Å². The first-order chi connectivity index (χ1) is 28.1. The van der Waals surface area contributed by atoms with Gasteiger partial charge in [0.1, 0.15) is 11.5 Å². The van der Waals surface area contributed by atoms with E-state index in [0.29, 0.717) is 0 Å². The Kier molecular flexibility index (Phi) is 32.6. The van der Waals surface area contributed by atoms with Gasteiger partial charge in [0, 0.05) is 0 Å². The third kappa shape index (κ3) is 30.6. The van der Waals surface area contributed by atoms with Gasteiger partial charge < -0.3 is 9.47 Å². The molecule has 4 nitrogen and oxygen atoms in total. The lowest BCUT2D eigenvalue weighted by atomic mass is 10.0. The van der Waals surface area contributed by atoms with Gasteiger partial charge in [0.2, 0.25) is 0 Å². The van der Waals surface area contributed by atoms with Gasteiger partial charge >= 0.3 is 0 Å². The molecule has 0 aliphatic carbocycles. The van der Waals surface area contributed by atoms with Crippen LogP contribution in [0.15, 0.2) is 60.7 Å². The third-order valence-electron chi connectivity index (χ3n) is 11.1. The molecule has 2 aromatic carbocycles. The fraction of sp³-hybridized carbons (Fsp3) is 0.660. The fourth-order valence-electron chi connectivity index (χ4n) is 7.35. The van der Waals surface area contributed by atoms with Crippen LogP contribution in [0.4, 0.5) is 0 Å². The minimum absolute atomic E-state index is 0.145. The number of rotatable bonds is 40.